The molecule has 0 heterocycles. The maximum Gasteiger partial charge on any atom is 0.264 e. The van der Waals surface area contributed by atoms with Gasteiger partial charge in [-0.15, -0.1) is 0 Å². The molecule has 0 bridgehead atoms. The second kappa shape index (κ2) is 8.79. The Labute approximate surface area is 170 Å². The molecule has 150 valence electrons. The summed E-state index contributed by atoms with van der Waals surface area (Å²) in [6.45, 7) is 1.55. The Balaban J connectivity index is 1.91. The van der Waals surface area contributed by atoms with Crippen molar-refractivity contribution in [2.24, 2.45) is 0 Å². The molecular formula is C22H22N2O4S. The number of methoxy groups -OCH3 is 1. The fraction of sp³-hybridized carbons (Fsp3) is 0.136. The van der Waals surface area contributed by atoms with Crippen LogP contribution in [0.15, 0.2) is 83.8 Å². The monoisotopic (exact) mass is 410 g/mol. The first-order chi connectivity index (χ1) is 13.9. The van der Waals surface area contributed by atoms with Crippen molar-refractivity contribution in [1.29, 1.82) is 0 Å². The van der Waals surface area contributed by atoms with Gasteiger partial charge in [0.25, 0.3) is 10.0 Å². The summed E-state index contributed by atoms with van der Waals surface area (Å²) in [7, 11) is -2.39. The number of hydrogen-bond acceptors (Lipinski definition) is 4. The van der Waals surface area contributed by atoms with Gasteiger partial charge in [0.05, 0.1) is 17.7 Å². The summed E-state index contributed by atoms with van der Waals surface area (Å²) >= 11 is 0. The number of carbonyl (C=O) groups excluding carboxylic acids is 1. The molecule has 3 aromatic rings. The van der Waals surface area contributed by atoms with Crippen molar-refractivity contribution in [3.63, 3.8) is 0 Å². The van der Waals surface area contributed by atoms with Crippen molar-refractivity contribution in [3.8, 4) is 5.75 Å². The van der Waals surface area contributed by atoms with Crippen molar-refractivity contribution in [2.75, 3.05) is 23.3 Å². The molecular weight excluding hydrogens is 388 g/mol. The van der Waals surface area contributed by atoms with Gasteiger partial charge in [0.1, 0.15) is 12.3 Å². The van der Waals surface area contributed by atoms with E-state index in [4.69, 9.17) is 4.74 Å². The molecule has 0 fully saturated rings. The van der Waals surface area contributed by atoms with Crippen LogP contribution in [0.25, 0.3) is 0 Å². The maximum atomic E-state index is 13.2. The van der Waals surface area contributed by atoms with Crippen LogP contribution >= 0.6 is 0 Å². The van der Waals surface area contributed by atoms with Crippen LogP contribution in [0.3, 0.4) is 0 Å². The minimum absolute atomic E-state index is 0.120. The normalized spacial score (nSPS) is 11.0. The van der Waals surface area contributed by atoms with Crippen LogP contribution in [0.2, 0.25) is 0 Å². The number of carbonyl (C=O) groups is 1. The highest BCUT2D eigenvalue weighted by Gasteiger charge is 2.27. The number of amides is 1. The minimum atomic E-state index is -3.92. The highest BCUT2D eigenvalue weighted by Crippen LogP contribution is 2.24. The molecule has 0 saturated heterocycles. The molecule has 0 aliphatic rings. The SMILES string of the molecule is COc1cccc(NC(=O)CN(c2ccc(C)cc2)S(=O)(=O)c2ccccc2)c1. The molecule has 6 nitrogen and oxygen atoms in total. The lowest BCUT2D eigenvalue weighted by Crippen LogP contribution is -2.38. The van der Waals surface area contributed by atoms with E-state index in [0.29, 0.717) is 17.1 Å². The molecule has 29 heavy (non-hydrogen) atoms. The molecule has 3 aromatic carbocycles. The van der Waals surface area contributed by atoms with Gasteiger partial charge < -0.3 is 10.1 Å². The van der Waals surface area contributed by atoms with Crippen LogP contribution in [0.5, 0.6) is 5.75 Å². The van der Waals surface area contributed by atoms with Gasteiger partial charge in [-0.25, -0.2) is 8.42 Å². The summed E-state index contributed by atoms with van der Waals surface area (Å²) in [4.78, 5) is 12.8. The summed E-state index contributed by atoms with van der Waals surface area (Å²) in [6, 6.07) is 21.9. The number of benzene rings is 3. The standard InChI is InChI=1S/C22H22N2O4S/c1-17-11-13-19(14-12-17)24(29(26,27)21-9-4-3-5-10-21)16-22(25)23-18-7-6-8-20(15-18)28-2/h3-15H,16H2,1-2H3,(H,23,25). The van der Waals surface area contributed by atoms with E-state index in [1.54, 1.807) is 54.6 Å². The van der Waals surface area contributed by atoms with Crippen LogP contribution in [0.1, 0.15) is 5.56 Å². The fourth-order valence-corrected chi connectivity index (χ4v) is 4.22. The average molecular weight is 410 g/mol. The van der Waals surface area contributed by atoms with E-state index < -0.39 is 15.9 Å². The van der Waals surface area contributed by atoms with Gasteiger partial charge >= 0.3 is 0 Å². The Morgan fingerprint density at radius 1 is 0.966 bits per heavy atom. The van der Waals surface area contributed by atoms with Crippen LogP contribution in [0, 0.1) is 6.92 Å². The number of hydrogen-bond donors (Lipinski definition) is 1. The molecule has 0 aliphatic carbocycles. The average Bonchev–Trinajstić information content (AvgIpc) is 2.73. The first kappa shape index (κ1) is 20.4. The minimum Gasteiger partial charge on any atom is -0.497 e. The Bertz CT molecular complexity index is 1080. The van der Waals surface area contributed by atoms with E-state index in [-0.39, 0.29) is 11.4 Å². The number of aryl methyl sites for hydroxylation is 1. The van der Waals surface area contributed by atoms with Gasteiger partial charge in [-0.2, -0.15) is 0 Å². The highest BCUT2D eigenvalue weighted by atomic mass is 32.2. The number of anilines is 2. The summed E-state index contributed by atoms with van der Waals surface area (Å²) in [5, 5.41) is 2.73. The lowest BCUT2D eigenvalue weighted by Gasteiger charge is -2.24. The molecule has 1 N–H and O–H groups in total. The Morgan fingerprint density at radius 2 is 1.66 bits per heavy atom. The zero-order valence-corrected chi connectivity index (χ0v) is 17.0. The van der Waals surface area contributed by atoms with Gasteiger partial charge in [-0.1, -0.05) is 42.0 Å². The molecule has 1 amide bonds. The predicted molar refractivity (Wildman–Crippen MR) is 114 cm³/mol. The Morgan fingerprint density at radius 3 is 2.31 bits per heavy atom. The van der Waals surface area contributed by atoms with Crippen molar-refractivity contribution in [3.05, 3.63) is 84.4 Å². The smallest absolute Gasteiger partial charge is 0.264 e. The second-order valence-corrected chi connectivity index (χ2v) is 8.30. The van der Waals surface area contributed by atoms with Crippen molar-refractivity contribution in [2.45, 2.75) is 11.8 Å². The molecule has 0 aliphatic heterocycles. The summed E-state index contributed by atoms with van der Waals surface area (Å²) < 4.78 is 32.7. The van der Waals surface area contributed by atoms with E-state index in [1.807, 2.05) is 19.1 Å². The quantitative estimate of drug-likeness (QED) is 0.642. The molecule has 7 heteroatoms. The van der Waals surface area contributed by atoms with E-state index in [1.165, 1.54) is 19.2 Å². The van der Waals surface area contributed by atoms with Gasteiger partial charge in [-0.05, 0) is 43.3 Å². The third-order valence-corrected chi connectivity index (χ3v) is 6.08. The van der Waals surface area contributed by atoms with Gasteiger partial charge in [0.15, 0.2) is 0 Å². The number of nitrogens with one attached hydrogen (secondary N) is 1. The Kier molecular flexibility index (Phi) is 6.19. The van der Waals surface area contributed by atoms with Crippen LogP contribution in [-0.2, 0) is 14.8 Å². The van der Waals surface area contributed by atoms with E-state index in [2.05, 4.69) is 5.32 Å². The van der Waals surface area contributed by atoms with Crippen molar-refractivity contribution >= 4 is 27.3 Å². The molecule has 0 aromatic heterocycles. The van der Waals surface area contributed by atoms with Crippen LogP contribution in [-0.4, -0.2) is 28.0 Å². The largest absolute Gasteiger partial charge is 0.497 e. The zero-order valence-electron chi connectivity index (χ0n) is 16.2. The van der Waals surface area contributed by atoms with Crippen molar-refractivity contribution < 1.29 is 17.9 Å². The number of nitrogens with zero attached hydrogens (tertiary/aromatic N) is 1. The maximum absolute atomic E-state index is 13.2. The summed E-state index contributed by atoms with van der Waals surface area (Å²) in [6.07, 6.45) is 0. The molecule has 0 saturated carbocycles. The summed E-state index contributed by atoms with van der Waals surface area (Å²) in [5.74, 6) is 0.133. The third kappa shape index (κ3) is 4.94. The van der Waals surface area contributed by atoms with E-state index in [9.17, 15) is 13.2 Å². The van der Waals surface area contributed by atoms with Gasteiger partial charge in [0.2, 0.25) is 5.91 Å². The lowest BCUT2D eigenvalue weighted by molar-refractivity contribution is -0.114. The summed E-state index contributed by atoms with van der Waals surface area (Å²) in [5.41, 5.74) is 1.93. The molecule has 0 unspecified atom stereocenters. The topological polar surface area (TPSA) is 75.7 Å². The molecule has 0 spiro atoms. The van der Waals surface area contributed by atoms with E-state index >= 15 is 0 Å². The molecule has 0 radical (unpaired) electrons. The second-order valence-electron chi connectivity index (χ2n) is 6.44. The van der Waals surface area contributed by atoms with Gasteiger partial charge in [-0.3, -0.25) is 9.10 Å². The zero-order chi connectivity index (χ0) is 20.9. The number of sulfonamides is 1. The fourth-order valence-electron chi connectivity index (χ4n) is 2.78. The lowest BCUT2D eigenvalue weighted by atomic mass is 10.2. The number of rotatable bonds is 7. The predicted octanol–water partition coefficient (Wildman–Crippen LogP) is 3.84. The first-order valence-corrected chi connectivity index (χ1v) is 10.4. The molecule has 0 atom stereocenters. The first-order valence-electron chi connectivity index (χ1n) is 8.98. The van der Waals surface area contributed by atoms with Crippen molar-refractivity contribution in [1.82, 2.24) is 0 Å². The van der Waals surface area contributed by atoms with Crippen LogP contribution < -0.4 is 14.4 Å². The third-order valence-electron chi connectivity index (χ3n) is 4.29. The number of ether oxygens (including phenoxy) is 1. The van der Waals surface area contributed by atoms with Crippen LogP contribution in [0.4, 0.5) is 11.4 Å². The molecule has 3 rings (SSSR count). The van der Waals surface area contributed by atoms with Gasteiger partial charge in [0, 0.05) is 11.8 Å². The Hall–Kier alpha value is -3.32. The van der Waals surface area contributed by atoms with E-state index in [0.717, 1.165) is 9.87 Å². The highest BCUT2D eigenvalue weighted by molar-refractivity contribution is 7.92.